The first-order valence-electron chi connectivity index (χ1n) is 10.0. The number of hydrogen-bond acceptors (Lipinski definition) is 5. The Morgan fingerprint density at radius 3 is 2.74 bits per heavy atom. The zero-order chi connectivity index (χ0) is 18.9. The highest BCUT2D eigenvalue weighted by Crippen LogP contribution is 2.35. The molecule has 0 radical (unpaired) electrons. The van der Waals surface area contributed by atoms with Gasteiger partial charge in [-0.25, -0.2) is 0 Å². The van der Waals surface area contributed by atoms with Crippen LogP contribution in [0.2, 0.25) is 0 Å². The second-order valence-corrected chi connectivity index (χ2v) is 8.01. The third kappa shape index (κ3) is 4.04. The Kier molecular flexibility index (Phi) is 5.23. The highest BCUT2D eigenvalue weighted by atomic mass is 16.5. The molecule has 7 nitrogen and oxygen atoms in total. The van der Waals surface area contributed by atoms with Crippen LogP contribution in [0.25, 0.3) is 0 Å². The van der Waals surface area contributed by atoms with E-state index in [-0.39, 0.29) is 23.8 Å². The Hall–Kier alpha value is -1.86. The number of carbonyl (C=O) groups excluding carboxylic acids is 2. The van der Waals surface area contributed by atoms with Gasteiger partial charge in [0.05, 0.1) is 24.6 Å². The number of aryl methyl sites for hydroxylation is 1. The van der Waals surface area contributed by atoms with E-state index in [1.807, 2.05) is 24.0 Å². The molecule has 4 rings (SSSR count). The Morgan fingerprint density at radius 2 is 2.07 bits per heavy atom. The molecule has 148 valence electrons. The number of furan rings is 1. The summed E-state index contributed by atoms with van der Waals surface area (Å²) in [6, 6.07) is 3.43. The topological polar surface area (TPSA) is 75.0 Å². The molecule has 0 aromatic carbocycles. The van der Waals surface area contributed by atoms with Crippen molar-refractivity contribution in [3.8, 4) is 0 Å². The van der Waals surface area contributed by atoms with Gasteiger partial charge in [0, 0.05) is 32.8 Å². The van der Waals surface area contributed by atoms with Crippen LogP contribution in [-0.2, 0) is 20.9 Å². The molecule has 3 aliphatic rings. The quantitative estimate of drug-likeness (QED) is 0.862. The van der Waals surface area contributed by atoms with E-state index in [1.165, 1.54) is 0 Å². The smallest absolute Gasteiger partial charge is 0.237 e. The molecule has 1 unspecified atom stereocenters. The first-order chi connectivity index (χ1) is 13.0. The molecule has 1 aromatic heterocycles. The van der Waals surface area contributed by atoms with E-state index in [2.05, 4.69) is 10.2 Å². The summed E-state index contributed by atoms with van der Waals surface area (Å²) in [6.07, 6.45) is 4.27. The number of amides is 2. The van der Waals surface area contributed by atoms with Gasteiger partial charge >= 0.3 is 0 Å². The van der Waals surface area contributed by atoms with E-state index in [4.69, 9.17) is 9.15 Å². The lowest BCUT2D eigenvalue weighted by molar-refractivity contribution is -0.142. The predicted molar refractivity (Wildman–Crippen MR) is 99.0 cm³/mol. The maximum absolute atomic E-state index is 12.9. The number of ether oxygens (including phenoxy) is 1. The van der Waals surface area contributed by atoms with Gasteiger partial charge < -0.3 is 19.4 Å². The molecule has 27 heavy (non-hydrogen) atoms. The number of piperidine rings is 1. The molecular formula is C20H29N3O4. The molecule has 2 amide bonds. The maximum atomic E-state index is 12.9. The normalized spacial score (nSPS) is 25.7. The van der Waals surface area contributed by atoms with Crippen LogP contribution in [0.15, 0.2) is 16.5 Å². The lowest BCUT2D eigenvalue weighted by Crippen LogP contribution is -2.56. The Bertz CT molecular complexity index is 685. The highest BCUT2D eigenvalue weighted by Gasteiger charge is 2.40. The summed E-state index contributed by atoms with van der Waals surface area (Å²) < 4.78 is 11.6. The van der Waals surface area contributed by atoms with Crippen LogP contribution >= 0.6 is 0 Å². The van der Waals surface area contributed by atoms with Crippen LogP contribution in [0.4, 0.5) is 0 Å². The van der Waals surface area contributed by atoms with Crippen LogP contribution in [0.5, 0.6) is 0 Å². The van der Waals surface area contributed by atoms with Crippen molar-refractivity contribution in [2.45, 2.75) is 57.2 Å². The van der Waals surface area contributed by atoms with Crippen molar-refractivity contribution >= 4 is 11.8 Å². The third-order valence-corrected chi connectivity index (χ3v) is 6.18. The highest BCUT2D eigenvalue weighted by molar-refractivity contribution is 5.88. The summed E-state index contributed by atoms with van der Waals surface area (Å²) >= 11 is 0. The summed E-state index contributed by atoms with van der Waals surface area (Å²) in [7, 11) is 0. The standard InChI is InChI=1S/C20H29N3O4/c1-15-3-4-16(27-15)14-23-11-8-21-19(25)17(23)13-18(24)22-9-6-20(7-10-22)5-2-12-26-20/h3-4,17H,2,5-14H2,1H3,(H,21,25). The Labute approximate surface area is 160 Å². The van der Waals surface area contributed by atoms with Gasteiger partial charge in [0.15, 0.2) is 0 Å². The van der Waals surface area contributed by atoms with E-state index in [9.17, 15) is 9.59 Å². The zero-order valence-corrected chi connectivity index (χ0v) is 16.0. The summed E-state index contributed by atoms with van der Waals surface area (Å²) in [4.78, 5) is 29.3. The summed E-state index contributed by atoms with van der Waals surface area (Å²) in [5.41, 5.74) is 0.00216. The monoisotopic (exact) mass is 375 g/mol. The molecular weight excluding hydrogens is 346 g/mol. The first-order valence-corrected chi connectivity index (χ1v) is 10.0. The fraction of sp³-hybridized carbons (Fsp3) is 0.700. The fourth-order valence-electron chi connectivity index (χ4n) is 4.55. The number of likely N-dealkylation sites (tertiary alicyclic amines) is 1. The van der Waals surface area contributed by atoms with Gasteiger partial charge in [0.1, 0.15) is 11.5 Å². The number of rotatable bonds is 4. The largest absolute Gasteiger partial charge is 0.465 e. The molecule has 1 spiro atoms. The Balaban J connectivity index is 1.36. The van der Waals surface area contributed by atoms with Crippen LogP contribution < -0.4 is 5.32 Å². The molecule has 1 atom stereocenters. The molecule has 7 heteroatoms. The van der Waals surface area contributed by atoms with Gasteiger partial charge in [-0.15, -0.1) is 0 Å². The average Bonchev–Trinajstić information content (AvgIpc) is 3.28. The number of carbonyl (C=O) groups is 2. The van der Waals surface area contributed by atoms with Crippen molar-refractivity contribution in [1.82, 2.24) is 15.1 Å². The lowest BCUT2D eigenvalue weighted by atomic mass is 9.88. The molecule has 3 saturated heterocycles. The van der Waals surface area contributed by atoms with Crippen molar-refractivity contribution in [2.24, 2.45) is 0 Å². The maximum Gasteiger partial charge on any atom is 0.237 e. The van der Waals surface area contributed by atoms with Crippen molar-refractivity contribution in [1.29, 1.82) is 0 Å². The average molecular weight is 375 g/mol. The number of hydrogen-bond donors (Lipinski definition) is 1. The predicted octanol–water partition coefficient (Wildman–Crippen LogP) is 1.45. The van der Waals surface area contributed by atoms with Crippen molar-refractivity contribution in [3.05, 3.63) is 23.7 Å². The molecule has 0 bridgehead atoms. The van der Waals surface area contributed by atoms with Crippen LogP contribution in [0.3, 0.4) is 0 Å². The zero-order valence-electron chi connectivity index (χ0n) is 16.0. The van der Waals surface area contributed by atoms with Gasteiger partial charge in [-0.1, -0.05) is 0 Å². The minimum absolute atomic E-state index is 0.00216. The second kappa shape index (κ2) is 7.64. The summed E-state index contributed by atoms with van der Waals surface area (Å²) in [6.45, 7) is 6.08. The molecule has 3 aliphatic heterocycles. The second-order valence-electron chi connectivity index (χ2n) is 8.01. The van der Waals surface area contributed by atoms with Crippen LogP contribution in [-0.4, -0.2) is 66.0 Å². The van der Waals surface area contributed by atoms with Crippen molar-refractivity contribution in [3.63, 3.8) is 0 Å². The van der Waals surface area contributed by atoms with E-state index in [0.29, 0.717) is 13.1 Å². The SMILES string of the molecule is Cc1ccc(CN2CCNC(=O)C2CC(=O)N2CCC3(CCCO3)CC2)o1. The van der Waals surface area contributed by atoms with Gasteiger partial charge in [0.25, 0.3) is 0 Å². The van der Waals surface area contributed by atoms with E-state index in [0.717, 1.165) is 63.4 Å². The number of piperazine rings is 1. The van der Waals surface area contributed by atoms with E-state index < -0.39 is 6.04 Å². The molecule has 4 heterocycles. The van der Waals surface area contributed by atoms with Crippen LogP contribution in [0, 0.1) is 6.92 Å². The molecule has 0 saturated carbocycles. The Morgan fingerprint density at radius 1 is 1.26 bits per heavy atom. The molecule has 0 aliphatic carbocycles. The van der Waals surface area contributed by atoms with Gasteiger partial charge in [0.2, 0.25) is 11.8 Å². The van der Waals surface area contributed by atoms with Gasteiger partial charge in [-0.05, 0) is 44.7 Å². The number of nitrogens with zero attached hydrogens (tertiary/aromatic N) is 2. The summed E-state index contributed by atoms with van der Waals surface area (Å²) in [5, 5.41) is 2.90. The van der Waals surface area contributed by atoms with Crippen molar-refractivity contribution < 1.29 is 18.7 Å². The lowest BCUT2D eigenvalue weighted by Gasteiger charge is -2.40. The summed E-state index contributed by atoms with van der Waals surface area (Å²) in [5.74, 6) is 1.68. The fourth-order valence-corrected chi connectivity index (χ4v) is 4.55. The van der Waals surface area contributed by atoms with Crippen molar-refractivity contribution in [2.75, 3.05) is 32.8 Å². The molecule has 3 fully saturated rings. The van der Waals surface area contributed by atoms with Gasteiger partial charge in [-0.3, -0.25) is 14.5 Å². The van der Waals surface area contributed by atoms with E-state index in [1.54, 1.807) is 0 Å². The first kappa shape index (κ1) is 18.5. The minimum Gasteiger partial charge on any atom is -0.465 e. The molecule has 1 N–H and O–H groups in total. The number of nitrogens with one attached hydrogen (secondary N) is 1. The minimum atomic E-state index is -0.435. The third-order valence-electron chi connectivity index (χ3n) is 6.18. The van der Waals surface area contributed by atoms with Gasteiger partial charge in [-0.2, -0.15) is 0 Å². The van der Waals surface area contributed by atoms with Crippen LogP contribution in [0.1, 0.15) is 43.6 Å². The molecule has 1 aromatic rings. The van der Waals surface area contributed by atoms with E-state index >= 15 is 0 Å².